The van der Waals surface area contributed by atoms with Crippen LogP contribution in [0.1, 0.15) is 51.9 Å². The summed E-state index contributed by atoms with van der Waals surface area (Å²) in [5.41, 5.74) is -0.314. The Morgan fingerprint density at radius 1 is 1.22 bits per heavy atom. The molecule has 4 bridgehead atoms. The van der Waals surface area contributed by atoms with Gasteiger partial charge in [-0.2, -0.15) is 0 Å². The molecular formula is C18H28O5. The van der Waals surface area contributed by atoms with Gasteiger partial charge in [-0.3, -0.25) is 0 Å². The second-order valence-electron chi connectivity index (χ2n) is 7.93. The number of rotatable bonds is 7. The first-order chi connectivity index (χ1) is 10.9. The molecule has 0 heterocycles. The topological polar surface area (TPSA) is 76.0 Å². The highest BCUT2D eigenvalue weighted by Crippen LogP contribution is 2.60. The lowest BCUT2D eigenvalue weighted by Crippen LogP contribution is -2.62. The van der Waals surface area contributed by atoms with Gasteiger partial charge in [0.25, 0.3) is 0 Å². The molecule has 0 aromatic heterocycles. The molecule has 4 aliphatic rings. The van der Waals surface area contributed by atoms with Crippen molar-refractivity contribution in [2.45, 2.75) is 69.2 Å². The van der Waals surface area contributed by atoms with Crippen LogP contribution in [0.15, 0.2) is 12.2 Å². The first-order valence-electron chi connectivity index (χ1n) is 8.68. The average molecular weight is 324 g/mol. The van der Waals surface area contributed by atoms with Crippen LogP contribution in [0.5, 0.6) is 0 Å². The molecule has 5 nitrogen and oxygen atoms in total. The molecule has 5 heteroatoms. The van der Waals surface area contributed by atoms with Crippen molar-refractivity contribution in [1.29, 1.82) is 0 Å². The minimum atomic E-state index is -0.431. The monoisotopic (exact) mass is 324 g/mol. The number of aliphatic hydroxyl groups is 2. The minimum Gasteiger partial charge on any atom is -0.456 e. The Morgan fingerprint density at radius 2 is 1.83 bits per heavy atom. The molecule has 0 spiro atoms. The van der Waals surface area contributed by atoms with E-state index in [1.807, 2.05) is 0 Å². The Hall–Kier alpha value is -0.910. The number of aliphatic hydroxyl groups excluding tert-OH is 2. The fourth-order valence-electron chi connectivity index (χ4n) is 5.32. The fourth-order valence-corrected chi connectivity index (χ4v) is 5.32. The molecule has 0 aromatic rings. The molecule has 3 unspecified atom stereocenters. The summed E-state index contributed by atoms with van der Waals surface area (Å²) in [6.45, 7) is 5.29. The van der Waals surface area contributed by atoms with Crippen LogP contribution in [0.4, 0.5) is 0 Å². The highest BCUT2D eigenvalue weighted by molar-refractivity contribution is 5.87. The zero-order valence-electron chi connectivity index (χ0n) is 13.9. The molecule has 4 fully saturated rings. The van der Waals surface area contributed by atoms with Gasteiger partial charge in [-0.25, -0.2) is 4.79 Å². The number of hydrogen-bond donors (Lipinski definition) is 2. The summed E-state index contributed by atoms with van der Waals surface area (Å²) in [5.74, 6) is 0.724. The lowest BCUT2D eigenvalue weighted by atomic mass is 9.52. The molecule has 4 aliphatic carbocycles. The third kappa shape index (κ3) is 3.32. The third-order valence-electron chi connectivity index (χ3n) is 5.68. The summed E-state index contributed by atoms with van der Waals surface area (Å²) < 4.78 is 12.2. The highest BCUT2D eigenvalue weighted by atomic mass is 16.6. The predicted molar refractivity (Wildman–Crippen MR) is 84.7 cm³/mol. The van der Waals surface area contributed by atoms with Crippen molar-refractivity contribution >= 4 is 5.97 Å². The summed E-state index contributed by atoms with van der Waals surface area (Å²) >= 11 is 0. The van der Waals surface area contributed by atoms with E-state index in [4.69, 9.17) is 14.6 Å². The molecule has 130 valence electrons. The smallest absolute Gasteiger partial charge is 0.333 e. The molecule has 0 amide bonds. The van der Waals surface area contributed by atoms with Gasteiger partial charge in [-0.05, 0) is 57.3 Å². The maximum Gasteiger partial charge on any atom is 0.333 e. The molecule has 2 N–H and O–H groups in total. The molecule has 0 aliphatic heterocycles. The normalized spacial score (nSPS) is 39.3. The van der Waals surface area contributed by atoms with Crippen LogP contribution in [-0.2, 0) is 14.3 Å². The molecule has 0 aromatic carbocycles. The maximum absolute atomic E-state index is 12.1. The van der Waals surface area contributed by atoms with Gasteiger partial charge >= 0.3 is 5.97 Å². The van der Waals surface area contributed by atoms with E-state index in [0.29, 0.717) is 30.3 Å². The maximum atomic E-state index is 12.1. The summed E-state index contributed by atoms with van der Waals surface area (Å²) in [6, 6.07) is 0. The molecule has 4 saturated carbocycles. The van der Waals surface area contributed by atoms with E-state index in [1.54, 1.807) is 6.92 Å². The van der Waals surface area contributed by atoms with Crippen molar-refractivity contribution in [3.05, 3.63) is 12.2 Å². The lowest BCUT2D eigenvalue weighted by molar-refractivity contribution is -0.248. The van der Waals surface area contributed by atoms with Crippen molar-refractivity contribution in [3.63, 3.8) is 0 Å². The van der Waals surface area contributed by atoms with Crippen molar-refractivity contribution in [3.8, 4) is 0 Å². The average Bonchev–Trinajstić information content (AvgIpc) is 2.44. The minimum absolute atomic E-state index is 0.00392. The molecular weight excluding hydrogens is 296 g/mol. The van der Waals surface area contributed by atoms with E-state index >= 15 is 0 Å². The molecule has 0 radical (unpaired) electrons. The Balaban J connectivity index is 1.78. The third-order valence-corrected chi connectivity index (χ3v) is 5.68. The van der Waals surface area contributed by atoms with Gasteiger partial charge in [0, 0.05) is 18.6 Å². The SMILES string of the molecule is C=C(C)C(=O)OC12CC3CC(C1)CC(OC(CO)CCO)(C3)C2. The second kappa shape index (κ2) is 6.19. The van der Waals surface area contributed by atoms with Crippen LogP contribution in [0.25, 0.3) is 0 Å². The van der Waals surface area contributed by atoms with Gasteiger partial charge in [0.15, 0.2) is 0 Å². The van der Waals surface area contributed by atoms with E-state index in [1.165, 1.54) is 6.42 Å². The molecule has 3 atom stereocenters. The zero-order chi connectivity index (χ0) is 16.7. The number of hydrogen-bond acceptors (Lipinski definition) is 5. The van der Waals surface area contributed by atoms with Gasteiger partial charge in [0.2, 0.25) is 0 Å². The summed E-state index contributed by atoms with van der Waals surface area (Å²) in [6.07, 6.45) is 5.75. The molecule has 4 rings (SSSR count). The van der Waals surface area contributed by atoms with Crippen LogP contribution < -0.4 is 0 Å². The number of ether oxygens (including phenoxy) is 2. The second-order valence-corrected chi connectivity index (χ2v) is 7.93. The summed E-state index contributed by atoms with van der Waals surface area (Å²) in [5, 5.41) is 18.6. The van der Waals surface area contributed by atoms with Crippen molar-refractivity contribution in [2.24, 2.45) is 11.8 Å². The van der Waals surface area contributed by atoms with Gasteiger partial charge < -0.3 is 19.7 Å². The number of esters is 1. The van der Waals surface area contributed by atoms with Crippen LogP contribution >= 0.6 is 0 Å². The quantitative estimate of drug-likeness (QED) is 0.553. The van der Waals surface area contributed by atoms with E-state index in [2.05, 4.69) is 6.58 Å². The van der Waals surface area contributed by atoms with Crippen LogP contribution in [0, 0.1) is 11.8 Å². The van der Waals surface area contributed by atoms with E-state index in [9.17, 15) is 9.90 Å². The van der Waals surface area contributed by atoms with E-state index in [0.717, 1.165) is 25.7 Å². The highest BCUT2D eigenvalue weighted by Gasteiger charge is 2.60. The van der Waals surface area contributed by atoms with Crippen molar-refractivity contribution in [2.75, 3.05) is 13.2 Å². The Bertz CT molecular complexity index is 472. The zero-order valence-corrected chi connectivity index (χ0v) is 13.9. The molecule has 23 heavy (non-hydrogen) atoms. The van der Waals surface area contributed by atoms with Crippen molar-refractivity contribution in [1.82, 2.24) is 0 Å². The first-order valence-corrected chi connectivity index (χ1v) is 8.68. The van der Waals surface area contributed by atoms with Gasteiger partial charge in [0.05, 0.1) is 18.3 Å². The standard InChI is InChI=1S/C18H28O5/c1-12(2)16(21)23-18-8-13-5-14(9-18)7-17(6-13,11-18)22-15(10-20)3-4-19/h13-15,19-20H,1,3-11H2,2H3. The number of carbonyl (C=O) groups excluding carboxylic acids is 1. The van der Waals surface area contributed by atoms with Gasteiger partial charge in [-0.15, -0.1) is 0 Å². The predicted octanol–water partition coefficient (Wildman–Crippen LogP) is 1.96. The lowest BCUT2D eigenvalue weighted by Gasteiger charge is -2.61. The Morgan fingerprint density at radius 3 is 2.35 bits per heavy atom. The number of carbonyl (C=O) groups is 1. The fraction of sp³-hybridized carbons (Fsp3) is 0.833. The first kappa shape index (κ1) is 16.9. The summed E-state index contributed by atoms with van der Waals surface area (Å²) in [4.78, 5) is 12.1. The largest absolute Gasteiger partial charge is 0.456 e. The summed E-state index contributed by atoms with van der Waals surface area (Å²) in [7, 11) is 0. The molecule has 0 saturated heterocycles. The van der Waals surface area contributed by atoms with Gasteiger partial charge in [0.1, 0.15) is 5.60 Å². The van der Waals surface area contributed by atoms with Crippen LogP contribution in [0.3, 0.4) is 0 Å². The van der Waals surface area contributed by atoms with Gasteiger partial charge in [-0.1, -0.05) is 6.58 Å². The van der Waals surface area contributed by atoms with E-state index < -0.39 is 5.60 Å². The van der Waals surface area contributed by atoms with Crippen molar-refractivity contribution < 1.29 is 24.5 Å². The van der Waals surface area contributed by atoms with Crippen LogP contribution in [-0.4, -0.2) is 46.7 Å². The Labute approximate surface area is 137 Å². The Kier molecular flexibility index (Phi) is 4.55. The van der Waals surface area contributed by atoms with Crippen LogP contribution in [0.2, 0.25) is 0 Å². The van der Waals surface area contributed by atoms with E-state index in [-0.39, 0.29) is 30.9 Å².